The number of anilines is 2. The number of rotatable bonds is 3. The molecule has 0 saturated heterocycles. The Hall–Kier alpha value is -3.62. The Balaban J connectivity index is 1.51. The molecule has 0 bridgehead atoms. The number of hydrogen-bond acceptors (Lipinski definition) is 5. The third kappa shape index (κ3) is 3.56. The summed E-state index contributed by atoms with van der Waals surface area (Å²) in [5.41, 5.74) is 1.19. The van der Waals surface area contributed by atoms with E-state index in [9.17, 15) is 13.2 Å². The highest BCUT2D eigenvalue weighted by Crippen LogP contribution is 2.38. The number of halogens is 1. The van der Waals surface area contributed by atoms with E-state index in [0.29, 0.717) is 33.1 Å². The molecule has 154 valence electrons. The molecule has 9 heteroatoms. The van der Waals surface area contributed by atoms with Crippen LogP contribution < -0.4 is 14.8 Å². The molecule has 4 aromatic rings. The topological polar surface area (TPSA) is 97.4 Å². The highest BCUT2D eigenvalue weighted by molar-refractivity contribution is 7.93. The number of pyridine rings is 1. The van der Waals surface area contributed by atoms with Crippen LogP contribution in [-0.4, -0.2) is 19.3 Å². The number of nitrogens with zero attached hydrogens (tertiary/aromatic N) is 1. The molecule has 1 aliphatic rings. The van der Waals surface area contributed by atoms with E-state index < -0.39 is 15.9 Å². The summed E-state index contributed by atoms with van der Waals surface area (Å²) in [6.45, 7) is 0. The zero-order chi connectivity index (χ0) is 21.6. The van der Waals surface area contributed by atoms with Gasteiger partial charge in [0.25, 0.3) is 15.9 Å². The molecule has 3 aromatic carbocycles. The molecule has 1 aromatic heterocycles. The molecular formula is C22H14ClN3O4S. The zero-order valence-electron chi connectivity index (χ0n) is 15.8. The van der Waals surface area contributed by atoms with Crippen LogP contribution in [0.2, 0.25) is 5.02 Å². The van der Waals surface area contributed by atoms with Crippen LogP contribution in [0, 0.1) is 0 Å². The second-order valence-electron chi connectivity index (χ2n) is 6.84. The molecule has 0 radical (unpaired) electrons. The molecule has 5 rings (SSSR count). The fourth-order valence-electron chi connectivity index (χ4n) is 3.36. The summed E-state index contributed by atoms with van der Waals surface area (Å²) in [4.78, 5) is 17.0. The van der Waals surface area contributed by atoms with Gasteiger partial charge in [-0.15, -0.1) is 0 Å². The van der Waals surface area contributed by atoms with Crippen LogP contribution in [0.3, 0.4) is 0 Å². The number of carbonyl (C=O) groups is 1. The molecule has 1 aliphatic heterocycles. The van der Waals surface area contributed by atoms with Gasteiger partial charge in [0.1, 0.15) is 10.6 Å². The molecule has 7 nitrogen and oxygen atoms in total. The van der Waals surface area contributed by atoms with Crippen molar-refractivity contribution in [2.24, 2.45) is 0 Å². The quantitative estimate of drug-likeness (QED) is 0.454. The number of fused-ring (bicyclic) bond motifs is 3. The summed E-state index contributed by atoms with van der Waals surface area (Å²) >= 11 is 6.00. The molecule has 0 saturated carbocycles. The lowest BCUT2D eigenvalue weighted by Crippen LogP contribution is -2.15. The number of para-hydroxylation sites is 1. The van der Waals surface area contributed by atoms with Crippen molar-refractivity contribution in [3.8, 4) is 11.5 Å². The molecule has 0 atom stereocenters. The number of nitrogens with one attached hydrogen (secondary N) is 2. The van der Waals surface area contributed by atoms with E-state index in [1.807, 2.05) is 0 Å². The number of benzene rings is 3. The number of aromatic nitrogens is 1. The molecule has 0 aliphatic carbocycles. The monoisotopic (exact) mass is 451 g/mol. The Labute approximate surface area is 182 Å². The molecule has 1 amide bonds. The van der Waals surface area contributed by atoms with Crippen molar-refractivity contribution in [2.45, 2.75) is 4.90 Å². The first-order chi connectivity index (χ1) is 14.9. The van der Waals surface area contributed by atoms with Gasteiger partial charge in [0, 0.05) is 22.3 Å². The van der Waals surface area contributed by atoms with E-state index in [4.69, 9.17) is 16.3 Å². The lowest BCUT2D eigenvalue weighted by Gasteiger charge is -2.12. The molecule has 0 unspecified atom stereocenters. The molecular weight excluding hydrogens is 438 g/mol. The van der Waals surface area contributed by atoms with Gasteiger partial charge in [0.05, 0.1) is 16.8 Å². The minimum Gasteiger partial charge on any atom is -0.454 e. The van der Waals surface area contributed by atoms with E-state index in [-0.39, 0.29) is 16.1 Å². The minimum atomic E-state index is -3.95. The van der Waals surface area contributed by atoms with Crippen molar-refractivity contribution < 1.29 is 17.9 Å². The Morgan fingerprint density at radius 2 is 1.77 bits per heavy atom. The van der Waals surface area contributed by atoms with Gasteiger partial charge in [-0.25, -0.2) is 8.42 Å². The standard InChI is InChI=1S/C22H14ClN3O4S/c23-14-6-8-19-17(11-14)25-22(27)16-12-15(7-9-18(16)30-19)26-31(28,29)20-5-1-3-13-4-2-10-24-21(13)20/h1-12,26H,(H,25,27). The zero-order valence-corrected chi connectivity index (χ0v) is 17.4. The molecule has 0 spiro atoms. The molecule has 0 fully saturated rings. The summed E-state index contributed by atoms with van der Waals surface area (Å²) in [5.74, 6) is 0.295. The third-order valence-corrected chi connectivity index (χ3v) is 6.42. The summed E-state index contributed by atoms with van der Waals surface area (Å²) < 4.78 is 34.5. The normalized spacial score (nSPS) is 12.9. The van der Waals surface area contributed by atoms with E-state index in [0.717, 1.165) is 0 Å². The summed E-state index contributed by atoms with van der Waals surface area (Å²) in [7, 11) is -3.95. The first kappa shape index (κ1) is 19.3. The first-order valence-corrected chi connectivity index (χ1v) is 11.1. The smallest absolute Gasteiger partial charge is 0.264 e. The van der Waals surface area contributed by atoms with Gasteiger partial charge in [-0.05, 0) is 48.5 Å². The molecule has 2 N–H and O–H groups in total. The van der Waals surface area contributed by atoms with Gasteiger partial charge in [-0.1, -0.05) is 29.8 Å². The van der Waals surface area contributed by atoms with Gasteiger partial charge < -0.3 is 10.1 Å². The van der Waals surface area contributed by atoms with Crippen molar-refractivity contribution in [1.29, 1.82) is 0 Å². The van der Waals surface area contributed by atoms with Crippen LogP contribution in [0.5, 0.6) is 11.5 Å². The van der Waals surface area contributed by atoms with Crippen LogP contribution in [0.4, 0.5) is 11.4 Å². The van der Waals surface area contributed by atoms with Gasteiger partial charge in [-0.2, -0.15) is 0 Å². The highest BCUT2D eigenvalue weighted by Gasteiger charge is 2.23. The third-order valence-electron chi connectivity index (χ3n) is 4.77. The van der Waals surface area contributed by atoms with Gasteiger partial charge >= 0.3 is 0 Å². The predicted octanol–water partition coefficient (Wildman–Crippen LogP) is 5.05. The average molecular weight is 452 g/mol. The van der Waals surface area contributed by atoms with Crippen LogP contribution in [0.1, 0.15) is 10.4 Å². The summed E-state index contributed by atoms with van der Waals surface area (Å²) in [6, 6.07) is 17.8. The number of carbonyl (C=O) groups excluding carboxylic acids is 1. The number of amides is 1. The van der Waals surface area contributed by atoms with Gasteiger partial charge in [-0.3, -0.25) is 14.5 Å². The fraction of sp³-hybridized carbons (Fsp3) is 0. The SMILES string of the molecule is O=C1Nc2cc(Cl)ccc2Oc2ccc(NS(=O)(=O)c3cccc4cccnc34)cc21. The van der Waals surface area contributed by atoms with Gasteiger partial charge in [0.15, 0.2) is 5.75 Å². The van der Waals surface area contributed by atoms with Crippen LogP contribution >= 0.6 is 11.6 Å². The summed E-state index contributed by atoms with van der Waals surface area (Å²) in [6.07, 6.45) is 1.54. The Morgan fingerprint density at radius 3 is 2.65 bits per heavy atom. The first-order valence-electron chi connectivity index (χ1n) is 9.20. The van der Waals surface area contributed by atoms with Crippen molar-refractivity contribution in [3.05, 3.63) is 83.5 Å². The lowest BCUT2D eigenvalue weighted by atomic mass is 10.1. The Morgan fingerprint density at radius 1 is 0.968 bits per heavy atom. The maximum absolute atomic E-state index is 13.1. The van der Waals surface area contributed by atoms with Crippen LogP contribution in [0.25, 0.3) is 10.9 Å². The molecule has 2 heterocycles. The maximum atomic E-state index is 13.1. The number of sulfonamides is 1. The van der Waals surface area contributed by atoms with Crippen molar-refractivity contribution >= 4 is 49.8 Å². The van der Waals surface area contributed by atoms with E-state index in [1.54, 1.807) is 42.5 Å². The van der Waals surface area contributed by atoms with Crippen molar-refractivity contribution in [2.75, 3.05) is 10.0 Å². The van der Waals surface area contributed by atoms with E-state index in [2.05, 4.69) is 15.0 Å². The Bertz CT molecular complexity index is 1470. The lowest BCUT2D eigenvalue weighted by molar-refractivity contribution is 0.102. The number of hydrogen-bond donors (Lipinski definition) is 2. The van der Waals surface area contributed by atoms with Crippen molar-refractivity contribution in [3.63, 3.8) is 0 Å². The Kier molecular flexibility index (Phi) is 4.53. The second-order valence-corrected chi connectivity index (χ2v) is 8.93. The van der Waals surface area contributed by atoms with E-state index >= 15 is 0 Å². The van der Waals surface area contributed by atoms with E-state index in [1.165, 1.54) is 30.5 Å². The largest absolute Gasteiger partial charge is 0.454 e. The van der Waals surface area contributed by atoms with Crippen LogP contribution in [-0.2, 0) is 10.0 Å². The molecule has 31 heavy (non-hydrogen) atoms. The highest BCUT2D eigenvalue weighted by atomic mass is 35.5. The average Bonchev–Trinajstić information content (AvgIpc) is 2.88. The van der Waals surface area contributed by atoms with Gasteiger partial charge in [0.2, 0.25) is 0 Å². The van der Waals surface area contributed by atoms with Crippen LogP contribution in [0.15, 0.2) is 77.8 Å². The minimum absolute atomic E-state index is 0.0447. The summed E-state index contributed by atoms with van der Waals surface area (Å²) in [5, 5.41) is 3.88. The maximum Gasteiger partial charge on any atom is 0.264 e. The second kappa shape index (κ2) is 7.26. The fourth-order valence-corrected chi connectivity index (χ4v) is 4.76. The number of ether oxygens (including phenoxy) is 1. The van der Waals surface area contributed by atoms with Crippen molar-refractivity contribution in [1.82, 2.24) is 4.98 Å². The predicted molar refractivity (Wildman–Crippen MR) is 118 cm³/mol.